The molecule has 6 heteroatoms. The normalized spacial score (nSPS) is 11.4. The van der Waals surface area contributed by atoms with Crippen LogP contribution in [0.25, 0.3) is 27.6 Å². The van der Waals surface area contributed by atoms with Gasteiger partial charge in [0.1, 0.15) is 11.0 Å². The van der Waals surface area contributed by atoms with Gasteiger partial charge in [-0.25, -0.2) is 4.98 Å². The summed E-state index contributed by atoms with van der Waals surface area (Å²) in [5.41, 5.74) is 2.77. The fourth-order valence-corrected chi connectivity index (χ4v) is 3.92. The quantitative estimate of drug-likeness (QED) is 0.405. The number of thioether (sulfide) groups is 1. The van der Waals surface area contributed by atoms with E-state index in [9.17, 15) is 4.79 Å². The Bertz CT molecular complexity index is 1130. The Morgan fingerprint density at radius 1 is 1.20 bits per heavy atom. The molecule has 0 amide bonds. The third kappa shape index (κ3) is 2.83. The first-order valence-corrected chi connectivity index (χ1v) is 9.47. The van der Waals surface area contributed by atoms with E-state index in [-0.39, 0.29) is 5.56 Å². The maximum Gasteiger partial charge on any atom is 0.283 e. The van der Waals surface area contributed by atoms with Crippen molar-refractivity contribution in [2.24, 2.45) is 0 Å². The van der Waals surface area contributed by atoms with Crippen LogP contribution >= 0.6 is 23.4 Å². The van der Waals surface area contributed by atoms with Gasteiger partial charge < -0.3 is 4.98 Å². The Balaban J connectivity index is 2.07. The molecule has 0 bridgehead atoms. The molecule has 0 atom stereocenters. The Morgan fingerprint density at radius 2 is 2.04 bits per heavy atom. The number of hydrogen-bond acceptors (Lipinski definition) is 3. The van der Waals surface area contributed by atoms with Gasteiger partial charge in [0.2, 0.25) is 0 Å². The zero-order valence-electron chi connectivity index (χ0n) is 13.6. The van der Waals surface area contributed by atoms with Gasteiger partial charge in [-0.3, -0.25) is 9.36 Å². The molecule has 2 aromatic heterocycles. The standard InChI is InChI=1S/C19H16ClN3OS/c1-2-10-25-19-22-16-14-8-3-4-9-15(14)21-17(16)18(24)23(19)13-7-5-6-12(20)11-13/h3-9,11,21H,2,10H2,1H3. The van der Waals surface area contributed by atoms with E-state index < -0.39 is 0 Å². The van der Waals surface area contributed by atoms with Gasteiger partial charge in [0.05, 0.1) is 5.69 Å². The topological polar surface area (TPSA) is 50.7 Å². The monoisotopic (exact) mass is 369 g/mol. The van der Waals surface area contributed by atoms with Crippen molar-refractivity contribution < 1.29 is 0 Å². The fourth-order valence-electron chi connectivity index (χ4n) is 2.88. The van der Waals surface area contributed by atoms with E-state index in [0.717, 1.165) is 34.3 Å². The van der Waals surface area contributed by atoms with Crippen LogP contribution < -0.4 is 5.56 Å². The Kier molecular flexibility index (Phi) is 4.27. The van der Waals surface area contributed by atoms with Gasteiger partial charge >= 0.3 is 0 Å². The number of benzene rings is 2. The van der Waals surface area contributed by atoms with Crippen molar-refractivity contribution in [3.63, 3.8) is 0 Å². The summed E-state index contributed by atoms with van der Waals surface area (Å²) in [6.07, 6.45) is 1.00. The molecule has 2 heterocycles. The van der Waals surface area contributed by atoms with Crippen molar-refractivity contribution in [2.45, 2.75) is 18.5 Å². The van der Waals surface area contributed by atoms with Crippen LogP contribution in [0.5, 0.6) is 0 Å². The molecule has 126 valence electrons. The van der Waals surface area contributed by atoms with Gasteiger partial charge in [-0.05, 0) is 30.7 Å². The van der Waals surface area contributed by atoms with Crippen LogP contribution in [-0.2, 0) is 0 Å². The number of nitrogens with one attached hydrogen (secondary N) is 1. The summed E-state index contributed by atoms with van der Waals surface area (Å²) < 4.78 is 1.64. The van der Waals surface area contributed by atoms with Crippen molar-refractivity contribution in [3.05, 3.63) is 63.9 Å². The largest absolute Gasteiger partial charge is 0.349 e. The van der Waals surface area contributed by atoms with Gasteiger partial charge in [0.25, 0.3) is 5.56 Å². The molecular formula is C19H16ClN3OS. The maximum atomic E-state index is 13.2. The molecule has 0 unspecified atom stereocenters. The molecule has 0 spiro atoms. The maximum absolute atomic E-state index is 13.2. The number of aromatic nitrogens is 3. The molecule has 0 aliphatic heterocycles. The molecule has 0 aliphatic carbocycles. The first-order chi connectivity index (χ1) is 12.2. The molecule has 0 aliphatic rings. The van der Waals surface area contributed by atoms with Crippen molar-refractivity contribution in [1.82, 2.24) is 14.5 Å². The Labute approximate surface area is 153 Å². The van der Waals surface area contributed by atoms with Gasteiger partial charge in [0.15, 0.2) is 5.16 Å². The predicted octanol–water partition coefficient (Wildman–Crippen LogP) is 5.02. The van der Waals surface area contributed by atoms with Crippen molar-refractivity contribution in [2.75, 3.05) is 5.75 Å². The van der Waals surface area contributed by atoms with Crippen molar-refractivity contribution >= 4 is 45.3 Å². The molecule has 2 aromatic carbocycles. The van der Waals surface area contributed by atoms with Crippen LogP contribution in [0.1, 0.15) is 13.3 Å². The Hall–Kier alpha value is -2.24. The van der Waals surface area contributed by atoms with Crippen LogP contribution in [0.4, 0.5) is 0 Å². The molecular weight excluding hydrogens is 354 g/mol. The molecule has 1 N–H and O–H groups in total. The van der Waals surface area contributed by atoms with Gasteiger partial charge in [-0.1, -0.05) is 54.6 Å². The molecule has 4 rings (SSSR count). The minimum absolute atomic E-state index is 0.109. The molecule has 4 nitrogen and oxygen atoms in total. The number of aromatic amines is 1. The van der Waals surface area contributed by atoms with E-state index in [1.807, 2.05) is 36.4 Å². The first-order valence-electron chi connectivity index (χ1n) is 8.11. The van der Waals surface area contributed by atoms with Gasteiger partial charge in [0, 0.05) is 21.7 Å². The second-order valence-corrected chi connectivity index (χ2v) is 7.26. The zero-order valence-corrected chi connectivity index (χ0v) is 15.2. The average Bonchev–Trinajstić information content (AvgIpc) is 2.99. The molecule has 4 aromatic rings. The summed E-state index contributed by atoms with van der Waals surface area (Å²) >= 11 is 7.72. The lowest BCUT2D eigenvalue weighted by Gasteiger charge is -2.12. The van der Waals surface area contributed by atoms with Gasteiger partial charge in [-0.2, -0.15) is 0 Å². The summed E-state index contributed by atoms with van der Waals surface area (Å²) in [5, 5.41) is 2.24. The second-order valence-electron chi connectivity index (χ2n) is 5.76. The van der Waals surface area contributed by atoms with Crippen LogP contribution in [0.2, 0.25) is 5.02 Å². The average molecular weight is 370 g/mol. The lowest BCUT2D eigenvalue weighted by molar-refractivity contribution is 0.818. The second kappa shape index (κ2) is 6.58. The number of halogens is 1. The lowest BCUT2D eigenvalue weighted by atomic mass is 10.2. The molecule has 25 heavy (non-hydrogen) atoms. The number of para-hydroxylation sites is 1. The van der Waals surface area contributed by atoms with Crippen LogP contribution in [0.15, 0.2) is 58.5 Å². The third-order valence-corrected chi connectivity index (χ3v) is 5.38. The predicted molar refractivity (Wildman–Crippen MR) is 105 cm³/mol. The number of rotatable bonds is 4. The summed E-state index contributed by atoms with van der Waals surface area (Å²) in [4.78, 5) is 21.3. The van der Waals surface area contributed by atoms with E-state index in [2.05, 4.69) is 11.9 Å². The highest BCUT2D eigenvalue weighted by molar-refractivity contribution is 7.99. The van der Waals surface area contributed by atoms with Crippen LogP contribution in [0.3, 0.4) is 0 Å². The minimum Gasteiger partial charge on any atom is -0.349 e. The fraction of sp³-hybridized carbons (Fsp3) is 0.158. The third-order valence-electron chi connectivity index (χ3n) is 4.00. The number of H-pyrrole nitrogens is 1. The van der Waals surface area contributed by atoms with Crippen LogP contribution in [0, 0.1) is 0 Å². The summed E-state index contributed by atoms with van der Waals surface area (Å²) in [7, 11) is 0. The molecule has 0 radical (unpaired) electrons. The number of fused-ring (bicyclic) bond motifs is 3. The van der Waals surface area contributed by atoms with Crippen molar-refractivity contribution in [1.29, 1.82) is 0 Å². The van der Waals surface area contributed by atoms with Crippen LogP contribution in [-0.4, -0.2) is 20.3 Å². The summed E-state index contributed by atoms with van der Waals surface area (Å²) in [6, 6.07) is 15.1. The van der Waals surface area contributed by atoms with Gasteiger partial charge in [-0.15, -0.1) is 0 Å². The highest BCUT2D eigenvalue weighted by atomic mass is 35.5. The van der Waals surface area contributed by atoms with E-state index in [1.165, 1.54) is 0 Å². The van der Waals surface area contributed by atoms with E-state index in [0.29, 0.717) is 15.7 Å². The lowest BCUT2D eigenvalue weighted by Crippen LogP contribution is -2.21. The smallest absolute Gasteiger partial charge is 0.283 e. The Morgan fingerprint density at radius 3 is 2.84 bits per heavy atom. The highest BCUT2D eigenvalue weighted by Gasteiger charge is 2.17. The van der Waals surface area contributed by atoms with Crippen molar-refractivity contribution in [3.8, 4) is 5.69 Å². The summed E-state index contributed by atoms with van der Waals surface area (Å²) in [6.45, 7) is 2.11. The number of nitrogens with zero attached hydrogens (tertiary/aromatic N) is 2. The summed E-state index contributed by atoms with van der Waals surface area (Å²) in [5.74, 6) is 0.890. The van der Waals surface area contributed by atoms with E-state index in [4.69, 9.17) is 16.6 Å². The number of hydrogen-bond donors (Lipinski definition) is 1. The first kappa shape index (κ1) is 16.2. The van der Waals surface area contributed by atoms with E-state index in [1.54, 1.807) is 28.5 Å². The molecule has 0 saturated heterocycles. The van der Waals surface area contributed by atoms with E-state index >= 15 is 0 Å². The highest BCUT2D eigenvalue weighted by Crippen LogP contribution is 2.27. The molecule has 0 saturated carbocycles. The SMILES string of the molecule is CCCSc1nc2c([nH]c3ccccc32)c(=O)n1-c1cccc(Cl)c1. The zero-order chi connectivity index (χ0) is 17.4. The minimum atomic E-state index is -0.109. The molecule has 0 fully saturated rings.